The number of anilines is 1. The molecular formula is C12H16BrF3N4O. The number of halogens is 4. The van der Waals surface area contributed by atoms with Gasteiger partial charge in [-0.25, -0.2) is 4.68 Å². The van der Waals surface area contributed by atoms with Gasteiger partial charge in [-0.2, -0.15) is 18.3 Å². The summed E-state index contributed by atoms with van der Waals surface area (Å²) in [5.41, 5.74) is -0.587. The van der Waals surface area contributed by atoms with Crippen LogP contribution in [-0.2, 0) is 6.54 Å². The fraction of sp³-hybridized carbons (Fsp3) is 0.667. The van der Waals surface area contributed by atoms with Crippen LogP contribution in [0.3, 0.4) is 0 Å². The molecule has 118 valence electrons. The van der Waals surface area contributed by atoms with Crippen LogP contribution in [0.4, 0.5) is 18.9 Å². The van der Waals surface area contributed by atoms with Crippen molar-refractivity contribution in [1.29, 1.82) is 0 Å². The van der Waals surface area contributed by atoms with Crippen molar-refractivity contribution in [2.24, 2.45) is 0 Å². The zero-order valence-corrected chi connectivity index (χ0v) is 13.0. The van der Waals surface area contributed by atoms with E-state index in [1.165, 1.54) is 6.20 Å². The summed E-state index contributed by atoms with van der Waals surface area (Å²) in [4.78, 5) is 11.9. The molecule has 1 fully saturated rings. The minimum Gasteiger partial charge on any atom is -0.377 e. The molecule has 0 amide bonds. The van der Waals surface area contributed by atoms with Gasteiger partial charge >= 0.3 is 6.18 Å². The smallest absolute Gasteiger partial charge is 0.377 e. The second-order valence-electron chi connectivity index (χ2n) is 5.39. The van der Waals surface area contributed by atoms with Gasteiger partial charge in [-0.1, -0.05) is 0 Å². The molecule has 9 heteroatoms. The highest BCUT2D eigenvalue weighted by Gasteiger charge is 2.31. The molecule has 2 N–H and O–H groups in total. The molecule has 1 aromatic heterocycles. The van der Waals surface area contributed by atoms with Crippen LogP contribution in [-0.4, -0.2) is 34.6 Å². The zero-order valence-electron chi connectivity index (χ0n) is 11.4. The van der Waals surface area contributed by atoms with Gasteiger partial charge < -0.3 is 10.6 Å². The molecule has 21 heavy (non-hydrogen) atoms. The Morgan fingerprint density at radius 3 is 2.67 bits per heavy atom. The monoisotopic (exact) mass is 368 g/mol. The van der Waals surface area contributed by atoms with Gasteiger partial charge in [-0.15, -0.1) is 0 Å². The van der Waals surface area contributed by atoms with Gasteiger partial charge in [0.05, 0.1) is 11.9 Å². The average molecular weight is 369 g/mol. The zero-order chi connectivity index (χ0) is 15.7. The summed E-state index contributed by atoms with van der Waals surface area (Å²) in [6.07, 6.45) is -1.52. The molecule has 0 atom stereocenters. The fourth-order valence-electron chi connectivity index (χ4n) is 2.26. The van der Waals surface area contributed by atoms with Crippen molar-refractivity contribution in [2.75, 3.05) is 18.4 Å². The first-order valence-electron chi connectivity index (χ1n) is 6.51. The van der Waals surface area contributed by atoms with Crippen LogP contribution in [0.1, 0.15) is 19.8 Å². The average Bonchev–Trinajstić information content (AvgIpc) is 2.38. The summed E-state index contributed by atoms with van der Waals surface area (Å²) >= 11 is 3.07. The Hall–Kier alpha value is -1.09. The molecule has 2 heterocycles. The van der Waals surface area contributed by atoms with Crippen LogP contribution >= 0.6 is 15.9 Å². The van der Waals surface area contributed by atoms with Gasteiger partial charge in [0.25, 0.3) is 5.56 Å². The third-order valence-electron chi connectivity index (χ3n) is 3.46. The van der Waals surface area contributed by atoms with E-state index in [1.807, 2.05) is 6.92 Å². The van der Waals surface area contributed by atoms with Crippen molar-refractivity contribution in [3.63, 3.8) is 0 Å². The number of piperidine rings is 1. The van der Waals surface area contributed by atoms with Gasteiger partial charge in [0.1, 0.15) is 11.0 Å². The van der Waals surface area contributed by atoms with E-state index < -0.39 is 18.3 Å². The summed E-state index contributed by atoms with van der Waals surface area (Å²) in [5, 5.41) is 10.0. The van der Waals surface area contributed by atoms with Crippen LogP contribution in [0.5, 0.6) is 0 Å². The molecule has 1 aliphatic heterocycles. The summed E-state index contributed by atoms with van der Waals surface area (Å²) < 4.78 is 37.5. The van der Waals surface area contributed by atoms with Crippen molar-refractivity contribution in [3.8, 4) is 0 Å². The van der Waals surface area contributed by atoms with Crippen molar-refractivity contribution < 1.29 is 13.2 Å². The Kier molecular flexibility index (Phi) is 4.62. The highest BCUT2D eigenvalue weighted by molar-refractivity contribution is 9.10. The molecule has 2 rings (SSSR count). The quantitative estimate of drug-likeness (QED) is 0.857. The molecule has 1 aliphatic rings. The molecule has 0 aliphatic carbocycles. The van der Waals surface area contributed by atoms with E-state index in [0.29, 0.717) is 10.4 Å². The van der Waals surface area contributed by atoms with E-state index in [9.17, 15) is 18.0 Å². The standard InChI is InChI=1S/C12H16BrF3N4O/c1-11(2-4-17-5-3-11)19-8-6-18-20(7-12(14,15)16)10(21)9(8)13/h6,17,19H,2-5,7H2,1H3. The topological polar surface area (TPSA) is 59.0 Å². The van der Waals surface area contributed by atoms with E-state index in [-0.39, 0.29) is 10.0 Å². The van der Waals surface area contributed by atoms with Crippen LogP contribution in [0.25, 0.3) is 0 Å². The van der Waals surface area contributed by atoms with Gasteiger partial charge in [0, 0.05) is 5.54 Å². The van der Waals surface area contributed by atoms with Gasteiger partial charge in [-0.3, -0.25) is 4.79 Å². The third-order valence-corrected chi connectivity index (χ3v) is 4.22. The molecule has 0 aromatic carbocycles. The van der Waals surface area contributed by atoms with Gasteiger partial charge in [-0.05, 0) is 48.8 Å². The predicted octanol–water partition coefficient (Wildman–Crippen LogP) is 2.12. The lowest BCUT2D eigenvalue weighted by atomic mass is 9.90. The SMILES string of the molecule is CC1(Nc2cnn(CC(F)(F)F)c(=O)c2Br)CCNCC1. The molecule has 0 spiro atoms. The molecule has 1 saturated heterocycles. The summed E-state index contributed by atoms with van der Waals surface area (Å²) in [6, 6.07) is 0. The third kappa shape index (κ3) is 4.19. The van der Waals surface area contributed by atoms with Crippen molar-refractivity contribution in [2.45, 2.75) is 38.0 Å². The largest absolute Gasteiger partial charge is 0.408 e. The summed E-state index contributed by atoms with van der Waals surface area (Å²) in [7, 11) is 0. The van der Waals surface area contributed by atoms with Crippen LogP contribution in [0.2, 0.25) is 0 Å². The maximum absolute atomic E-state index is 12.3. The molecule has 0 radical (unpaired) electrons. The number of hydrogen-bond acceptors (Lipinski definition) is 4. The Labute approximate surface area is 128 Å². The fourth-order valence-corrected chi connectivity index (χ4v) is 2.67. The Balaban J connectivity index is 2.22. The first kappa shape index (κ1) is 16.3. The predicted molar refractivity (Wildman–Crippen MR) is 76.4 cm³/mol. The molecular weight excluding hydrogens is 353 g/mol. The van der Waals surface area contributed by atoms with Crippen LogP contribution in [0.15, 0.2) is 15.5 Å². The first-order valence-corrected chi connectivity index (χ1v) is 7.31. The van der Waals surface area contributed by atoms with Crippen LogP contribution in [0, 0.1) is 0 Å². The lowest BCUT2D eigenvalue weighted by Gasteiger charge is -2.36. The number of nitrogens with zero attached hydrogens (tertiary/aromatic N) is 2. The highest BCUT2D eigenvalue weighted by atomic mass is 79.9. The normalized spacial score (nSPS) is 18.5. The number of aromatic nitrogens is 2. The highest BCUT2D eigenvalue weighted by Crippen LogP contribution is 2.27. The van der Waals surface area contributed by atoms with E-state index >= 15 is 0 Å². The summed E-state index contributed by atoms with van der Waals surface area (Å²) in [5.74, 6) is 0. The summed E-state index contributed by atoms with van der Waals surface area (Å²) in [6.45, 7) is 2.31. The maximum Gasteiger partial charge on any atom is 0.408 e. The molecule has 0 bridgehead atoms. The van der Waals surface area contributed by atoms with E-state index in [4.69, 9.17) is 0 Å². The minimum absolute atomic E-state index is 0.0708. The molecule has 0 saturated carbocycles. The number of hydrogen-bond donors (Lipinski definition) is 2. The van der Waals surface area contributed by atoms with E-state index in [2.05, 4.69) is 31.7 Å². The number of nitrogens with one attached hydrogen (secondary N) is 2. The van der Waals surface area contributed by atoms with Gasteiger partial charge in [0.15, 0.2) is 0 Å². The van der Waals surface area contributed by atoms with E-state index in [1.54, 1.807) is 0 Å². The second-order valence-corrected chi connectivity index (χ2v) is 6.18. The lowest BCUT2D eigenvalue weighted by molar-refractivity contribution is -0.143. The Morgan fingerprint density at radius 2 is 2.10 bits per heavy atom. The molecule has 5 nitrogen and oxygen atoms in total. The minimum atomic E-state index is -4.48. The maximum atomic E-state index is 12.3. The molecule has 0 unspecified atom stereocenters. The van der Waals surface area contributed by atoms with Crippen molar-refractivity contribution in [3.05, 3.63) is 21.0 Å². The number of rotatable bonds is 3. The Bertz CT molecular complexity index is 567. The van der Waals surface area contributed by atoms with Crippen molar-refractivity contribution >= 4 is 21.6 Å². The number of alkyl halides is 3. The second kappa shape index (κ2) is 5.96. The van der Waals surface area contributed by atoms with Crippen molar-refractivity contribution in [1.82, 2.24) is 15.1 Å². The molecule has 1 aromatic rings. The first-order chi connectivity index (χ1) is 9.70. The van der Waals surface area contributed by atoms with Crippen LogP contribution < -0.4 is 16.2 Å². The van der Waals surface area contributed by atoms with Gasteiger partial charge in [0.2, 0.25) is 0 Å². The van der Waals surface area contributed by atoms with E-state index in [0.717, 1.165) is 25.9 Å². The Morgan fingerprint density at radius 1 is 1.48 bits per heavy atom. The lowest BCUT2D eigenvalue weighted by Crippen LogP contribution is -2.45.